The Bertz CT molecular complexity index is 7110. The number of pyridine rings is 6. The highest BCUT2D eigenvalue weighted by atomic mass is 19.1. The van der Waals surface area contributed by atoms with Crippen molar-refractivity contribution >= 4 is 74.2 Å². The highest BCUT2D eigenvalue weighted by Gasteiger charge is 2.37. The van der Waals surface area contributed by atoms with Gasteiger partial charge in [0.2, 0.25) is 23.6 Å². The lowest BCUT2D eigenvalue weighted by molar-refractivity contribution is -0.129. The summed E-state index contributed by atoms with van der Waals surface area (Å²) in [5.41, 5.74) is 1.59. The maximum Gasteiger partial charge on any atom is 0.355 e. The molecule has 0 bridgehead atoms. The number of nitrogens with two attached hydrogens (primary N) is 1. The third-order valence-electron chi connectivity index (χ3n) is 20.6. The summed E-state index contributed by atoms with van der Waals surface area (Å²) in [6.45, 7) is 9.34. The number of hydrogen-bond acceptors (Lipinski definition) is 21. The highest BCUT2D eigenvalue weighted by Crippen LogP contribution is 2.42. The fourth-order valence-corrected chi connectivity index (χ4v) is 14.6. The van der Waals surface area contributed by atoms with E-state index in [4.69, 9.17) is 22.2 Å². The normalized spacial score (nSPS) is 18.7. The van der Waals surface area contributed by atoms with Gasteiger partial charge >= 0.3 is 17.1 Å². The molecule has 3 aromatic carbocycles. The minimum atomic E-state index is -3.70. The Hall–Kier alpha value is -14.3. The van der Waals surface area contributed by atoms with Gasteiger partial charge in [-0.05, 0) is 160 Å². The van der Waals surface area contributed by atoms with Crippen LogP contribution in [0.15, 0.2) is 162 Å². The van der Waals surface area contributed by atoms with Gasteiger partial charge in [0, 0.05) is 95.8 Å². The summed E-state index contributed by atoms with van der Waals surface area (Å²) in [5.74, 6) is -13.3. The smallest absolute Gasteiger partial charge is 0.355 e. The molecule has 640 valence electrons. The molecule has 0 radical (unpaired) electrons. The molecule has 3 aliphatic rings. The van der Waals surface area contributed by atoms with Gasteiger partial charge in [-0.15, -0.1) is 0 Å². The molecule has 3 fully saturated rings. The maximum atomic E-state index is 16.1. The van der Waals surface area contributed by atoms with Crippen molar-refractivity contribution in [3.63, 3.8) is 0 Å². The maximum absolute atomic E-state index is 16.1. The SMILES string of the molecule is C=CC(=O)N1CC(C)N(c2nc(=O)n(-c3c(C)ccnc3C(C)C)c3nc(-c4c(F)cccc4C(N)=O)c(F)cc23)CC1C.[2H]C1([2H])CN(C(=O)C=C)CC([2H])([2H])N1c1nc(=O)n(-c2c(C)ccnc2C(C)C)c2nc(-c3c(O)cccc3F)c(F)cc12.[2H]C1([2H])N(C(=O)C=C)C([2H])([2H])C([2H])([2H])N(c2nc(=O)n(-c3c(C)ccnc3C(C)C)c3nc(-c4c(O)cccc4F)c(F)cc23)C1([2H])[2H]. The van der Waals surface area contributed by atoms with Crippen molar-refractivity contribution in [3.05, 3.63) is 253 Å². The quantitative estimate of drug-likeness (QED) is 0.0597. The van der Waals surface area contributed by atoms with Gasteiger partial charge < -0.3 is 45.3 Å². The van der Waals surface area contributed by atoms with Crippen molar-refractivity contribution in [1.82, 2.24) is 73.3 Å². The van der Waals surface area contributed by atoms with Gasteiger partial charge in [-0.1, -0.05) is 79.5 Å². The third kappa shape index (κ3) is 16.6. The summed E-state index contributed by atoms with van der Waals surface area (Å²) in [6, 6.07) is 17.1. The van der Waals surface area contributed by atoms with Crippen LogP contribution in [0.1, 0.15) is 134 Å². The Kier molecular flexibility index (Phi) is 20.9. The average Bonchev–Trinajstić information content (AvgIpc) is 0.676. The molecule has 2 atom stereocenters. The van der Waals surface area contributed by atoms with Gasteiger partial charge in [0.1, 0.15) is 63.5 Å². The van der Waals surface area contributed by atoms with E-state index in [0.29, 0.717) is 63.0 Å². The topological polar surface area (TPSA) is 336 Å². The summed E-state index contributed by atoms with van der Waals surface area (Å²) >= 11 is 0. The summed E-state index contributed by atoms with van der Waals surface area (Å²) < 4.78 is 200. The molecule has 28 nitrogen and oxygen atoms in total. The Morgan fingerprint density at radius 3 is 1.19 bits per heavy atom. The largest absolute Gasteiger partial charge is 0.507 e. The van der Waals surface area contributed by atoms with Gasteiger partial charge in [0.25, 0.3) is 0 Å². The van der Waals surface area contributed by atoms with Crippen LogP contribution in [0.4, 0.5) is 43.8 Å². The lowest BCUT2D eigenvalue weighted by Gasteiger charge is -2.44. The van der Waals surface area contributed by atoms with Crippen LogP contribution in [-0.4, -0.2) is 184 Å². The second kappa shape index (κ2) is 35.8. The van der Waals surface area contributed by atoms with E-state index in [1.54, 1.807) is 64.0 Å². The lowest BCUT2D eigenvalue weighted by Crippen LogP contribution is -2.58. The number of piperazine rings is 3. The average molecular weight is 1710 g/mol. The van der Waals surface area contributed by atoms with Crippen LogP contribution in [0.5, 0.6) is 11.5 Å². The summed E-state index contributed by atoms with van der Waals surface area (Å²) in [7, 11) is 0. The van der Waals surface area contributed by atoms with Crippen LogP contribution >= 0.6 is 0 Å². The summed E-state index contributed by atoms with van der Waals surface area (Å²) in [5, 5.41) is 20.2. The number of fused-ring (bicyclic) bond motifs is 3. The predicted molar refractivity (Wildman–Crippen MR) is 459 cm³/mol. The van der Waals surface area contributed by atoms with E-state index in [1.807, 2.05) is 46.4 Å². The van der Waals surface area contributed by atoms with Crippen molar-refractivity contribution in [2.24, 2.45) is 5.73 Å². The summed E-state index contributed by atoms with van der Waals surface area (Å²) in [4.78, 5) is 135. The molecule has 12 aromatic rings. The number of carbonyl (C=O) groups is 4. The van der Waals surface area contributed by atoms with Gasteiger partial charge in [-0.3, -0.25) is 34.1 Å². The van der Waals surface area contributed by atoms with Crippen LogP contribution in [-0.2, 0) is 14.4 Å². The minimum absolute atomic E-state index is 0.00229. The van der Waals surface area contributed by atoms with E-state index in [1.165, 1.54) is 41.1 Å². The first kappa shape index (κ1) is 72.5. The standard InChI is InChI=1S/C32H33F2N7O3.2C29H28F2N6O3/c1-7-24(42)39-14-19(6)40(15-18(39)5)30-21-13-23(34)27(25-20(29(35)43)9-8-10-22(25)33)37-31(21)41(32(44)38-30)28-17(4)11-12-36-26(28)16(2)3;2*1-5-22(39)35-11-13-36(14-12-35)27-18-15-20(31)25(23-19(30)7-6-8-21(23)38)33-28(18)37(29(40)34-27)26-17(4)9-10-32-24(26)16(2)3/h7-13,16,18-19H,1,14-15H2,2-6H3,(H2,35,43);2*5-10,15-16,38H,1,11-14H2,2-4H3/i;11D2,12D2,13D2,14D2;13D2,14D2. The van der Waals surface area contributed by atoms with Crippen LogP contribution < -0.4 is 37.5 Å². The molecule has 9 aromatic heterocycles. The number of anilines is 3. The number of hydrogen-bond donors (Lipinski definition) is 3. The highest BCUT2D eigenvalue weighted by molar-refractivity contribution is 6.01. The molecule has 2 unspecified atom stereocenters. The van der Waals surface area contributed by atoms with Crippen molar-refractivity contribution in [1.29, 1.82) is 0 Å². The number of primary amides is 1. The van der Waals surface area contributed by atoms with Crippen molar-refractivity contribution < 1.29 is 72.2 Å². The first-order valence-corrected chi connectivity index (χ1v) is 38.6. The summed E-state index contributed by atoms with van der Waals surface area (Å²) in [6.07, 6.45) is 7.31. The number of aromatic nitrogens is 12. The van der Waals surface area contributed by atoms with Crippen LogP contribution in [0.25, 0.3) is 83.9 Å². The number of halogens is 6. The van der Waals surface area contributed by atoms with Crippen LogP contribution in [0, 0.1) is 55.7 Å². The van der Waals surface area contributed by atoms with Crippen molar-refractivity contribution in [2.75, 3.05) is 79.9 Å². The predicted octanol–water partition coefficient (Wildman–Crippen LogP) is 12.4. The molecule has 0 aliphatic carbocycles. The van der Waals surface area contributed by atoms with E-state index >= 15 is 22.0 Å². The number of aromatic hydroxyl groups is 2. The second-order valence-corrected chi connectivity index (χ2v) is 29.8. The van der Waals surface area contributed by atoms with Gasteiger partial charge in [0.05, 0.1) is 89.0 Å². The number of carbonyl (C=O) groups excluding carboxylic acids is 4. The molecule has 4 amide bonds. The molecule has 3 saturated heterocycles. The molecule has 0 saturated carbocycles. The van der Waals surface area contributed by atoms with Crippen molar-refractivity contribution in [2.45, 2.75) is 106 Å². The molecule has 15 rings (SSSR count). The van der Waals surface area contributed by atoms with E-state index in [0.717, 1.165) is 68.6 Å². The molecule has 124 heavy (non-hydrogen) atoms. The van der Waals surface area contributed by atoms with E-state index < -0.39 is 190 Å². The first-order valence-electron chi connectivity index (χ1n) is 44.6. The van der Waals surface area contributed by atoms with Gasteiger partial charge in [0.15, 0.2) is 34.4 Å². The molecule has 12 heterocycles. The molecule has 34 heteroatoms. The van der Waals surface area contributed by atoms with Crippen LogP contribution in [0.2, 0.25) is 0 Å². The Morgan fingerprint density at radius 2 is 0.815 bits per heavy atom. The Labute approximate surface area is 724 Å². The number of aryl methyl sites for hydroxylation is 3. The van der Waals surface area contributed by atoms with Gasteiger partial charge in [-0.2, -0.15) is 15.0 Å². The number of nitrogens with zero attached hydrogens (tertiary/aromatic N) is 18. The fourth-order valence-electron chi connectivity index (χ4n) is 14.6. The molecule has 0 spiro atoms. The molecule has 4 N–H and O–H groups in total. The number of amides is 4. The zero-order valence-electron chi connectivity index (χ0n) is 80.6. The minimum Gasteiger partial charge on any atom is -0.507 e. The van der Waals surface area contributed by atoms with E-state index in [-0.39, 0.29) is 96.9 Å². The fraction of sp³-hybridized carbons (Fsp3) is 0.289. The van der Waals surface area contributed by atoms with Crippen molar-refractivity contribution in [3.8, 4) is 62.3 Å². The van der Waals surface area contributed by atoms with E-state index in [2.05, 4.69) is 64.6 Å². The van der Waals surface area contributed by atoms with Gasteiger partial charge in [-0.25, -0.2) is 69.4 Å². The first-order chi connectivity index (χ1) is 63.6. The zero-order chi connectivity index (χ0) is 100. The Morgan fingerprint density at radius 1 is 0.460 bits per heavy atom. The molecule has 3 aliphatic heterocycles. The van der Waals surface area contributed by atoms with Crippen LogP contribution in [0.3, 0.4) is 0 Å². The second-order valence-electron chi connectivity index (χ2n) is 29.8. The molecular weight excluding hydrogens is 1610 g/mol. The Balaban J connectivity index is 0.000000173. The van der Waals surface area contributed by atoms with E-state index in [9.17, 15) is 48.2 Å². The monoisotopic (exact) mass is 1710 g/mol. The number of rotatable bonds is 16. The number of benzene rings is 3. The number of phenolic OH excluding ortho intramolecular Hbond substituents is 2. The third-order valence-corrected chi connectivity index (χ3v) is 20.6. The number of phenols is 2. The lowest BCUT2D eigenvalue weighted by atomic mass is 10.0. The molecular formula is C90H89F6N19O9. The zero-order valence-corrected chi connectivity index (χ0v) is 68.6.